The van der Waals surface area contributed by atoms with Crippen molar-refractivity contribution in [1.29, 1.82) is 0 Å². The number of aromatic nitrogens is 5. The fourth-order valence-corrected chi connectivity index (χ4v) is 3.67. The van der Waals surface area contributed by atoms with E-state index < -0.39 is 23.5 Å². The molecule has 0 aliphatic carbocycles. The van der Waals surface area contributed by atoms with Crippen LogP contribution in [0.25, 0.3) is 11.1 Å². The smallest absolute Gasteiger partial charge is 0.421 e. The number of halogens is 3. The molecule has 0 aliphatic heterocycles. The molecule has 0 aliphatic rings. The van der Waals surface area contributed by atoms with Gasteiger partial charge < -0.3 is 14.8 Å². The first-order valence-corrected chi connectivity index (χ1v) is 11.6. The molecule has 198 valence electrons. The Morgan fingerprint density at radius 3 is 2.37 bits per heavy atom. The van der Waals surface area contributed by atoms with E-state index in [0.29, 0.717) is 31.0 Å². The number of alkyl halides is 3. The van der Waals surface area contributed by atoms with Gasteiger partial charge in [0, 0.05) is 37.7 Å². The van der Waals surface area contributed by atoms with E-state index >= 15 is 0 Å². The van der Waals surface area contributed by atoms with Crippen LogP contribution in [0, 0.1) is 0 Å². The van der Waals surface area contributed by atoms with Crippen molar-refractivity contribution in [3.63, 3.8) is 0 Å². The fourth-order valence-electron chi connectivity index (χ4n) is 3.67. The molecule has 0 unspecified atom stereocenters. The number of methoxy groups -OCH3 is 2. The van der Waals surface area contributed by atoms with Crippen molar-refractivity contribution in [1.82, 2.24) is 24.7 Å². The average Bonchev–Trinajstić information content (AvgIpc) is 3.35. The first-order valence-electron chi connectivity index (χ1n) is 11.6. The Kier molecular flexibility index (Phi) is 8.31. The molecule has 0 bridgehead atoms. The van der Waals surface area contributed by atoms with Gasteiger partial charge in [0.15, 0.2) is 0 Å². The highest BCUT2D eigenvalue weighted by atomic mass is 19.4. The number of carbonyl (C=O) groups excluding carboxylic acids is 1. The zero-order chi connectivity index (χ0) is 27.1. The lowest BCUT2D eigenvalue weighted by Gasteiger charge is -2.13. The Hall–Kier alpha value is -4.32. The maximum absolute atomic E-state index is 13.2. The standard InChI is InChI=1S/C26H25F3N6O3/c1-37-8-7-35-16-18(12-33-35)9-23-30-13-20(14-31-23)19-5-3-17(4-6-19)10-24(36)34-21-11-22(26(27,28)29)25(38-2)32-15-21/h3-6,11-16H,7-10H2,1-2H3,(H,34,36). The van der Waals surface area contributed by atoms with Gasteiger partial charge in [-0.15, -0.1) is 0 Å². The lowest BCUT2D eigenvalue weighted by atomic mass is 10.0. The third-order valence-electron chi connectivity index (χ3n) is 5.56. The van der Waals surface area contributed by atoms with Crippen LogP contribution in [0.4, 0.5) is 18.9 Å². The molecule has 1 amide bonds. The molecular weight excluding hydrogens is 501 g/mol. The summed E-state index contributed by atoms with van der Waals surface area (Å²) in [5, 5.41) is 6.74. The first kappa shape index (κ1) is 26.7. The summed E-state index contributed by atoms with van der Waals surface area (Å²) in [6.45, 7) is 1.25. The van der Waals surface area contributed by atoms with Gasteiger partial charge >= 0.3 is 6.18 Å². The van der Waals surface area contributed by atoms with Crippen molar-refractivity contribution in [2.75, 3.05) is 26.1 Å². The predicted molar refractivity (Wildman–Crippen MR) is 133 cm³/mol. The highest BCUT2D eigenvalue weighted by Gasteiger charge is 2.35. The lowest BCUT2D eigenvalue weighted by Crippen LogP contribution is -2.16. The number of benzene rings is 1. The molecule has 1 N–H and O–H groups in total. The minimum absolute atomic E-state index is 0.0266. The fraction of sp³-hybridized carbons (Fsp3) is 0.269. The monoisotopic (exact) mass is 526 g/mol. The minimum atomic E-state index is -4.66. The van der Waals surface area contributed by atoms with E-state index in [9.17, 15) is 18.0 Å². The summed E-state index contributed by atoms with van der Waals surface area (Å²) in [6.07, 6.45) is 4.16. The summed E-state index contributed by atoms with van der Waals surface area (Å²) in [7, 11) is 2.74. The molecule has 3 heterocycles. The molecule has 9 nitrogen and oxygen atoms in total. The number of ether oxygens (including phenoxy) is 2. The molecule has 0 fully saturated rings. The molecule has 38 heavy (non-hydrogen) atoms. The lowest BCUT2D eigenvalue weighted by molar-refractivity contribution is -0.139. The van der Waals surface area contributed by atoms with Gasteiger partial charge in [0.05, 0.1) is 44.8 Å². The Balaban J connectivity index is 1.35. The second-order valence-electron chi connectivity index (χ2n) is 8.37. The van der Waals surface area contributed by atoms with Crippen LogP contribution in [0.1, 0.15) is 22.5 Å². The van der Waals surface area contributed by atoms with Gasteiger partial charge in [0.1, 0.15) is 11.4 Å². The molecule has 0 radical (unpaired) electrons. The SMILES string of the molecule is COCCn1cc(Cc2ncc(-c3ccc(CC(=O)Nc4cnc(OC)c(C(F)(F)F)c4)cc3)cn2)cn1. The Morgan fingerprint density at radius 2 is 1.71 bits per heavy atom. The topological polar surface area (TPSA) is 104 Å². The molecule has 3 aromatic heterocycles. The number of nitrogens with one attached hydrogen (secondary N) is 1. The van der Waals surface area contributed by atoms with Crippen LogP contribution in [0.2, 0.25) is 0 Å². The van der Waals surface area contributed by atoms with E-state index in [-0.39, 0.29) is 12.1 Å². The van der Waals surface area contributed by atoms with Gasteiger partial charge in [-0.05, 0) is 22.8 Å². The van der Waals surface area contributed by atoms with E-state index in [4.69, 9.17) is 4.74 Å². The highest BCUT2D eigenvalue weighted by molar-refractivity contribution is 5.92. The maximum Gasteiger partial charge on any atom is 0.421 e. The van der Waals surface area contributed by atoms with E-state index in [2.05, 4.69) is 30.1 Å². The largest absolute Gasteiger partial charge is 0.481 e. The van der Waals surface area contributed by atoms with Crippen molar-refractivity contribution in [3.8, 4) is 17.0 Å². The molecule has 4 rings (SSSR count). The average molecular weight is 527 g/mol. The number of anilines is 1. The van der Waals surface area contributed by atoms with E-state index in [1.165, 1.54) is 0 Å². The number of hydrogen-bond acceptors (Lipinski definition) is 7. The van der Waals surface area contributed by atoms with Crippen LogP contribution in [-0.2, 0) is 35.1 Å². The molecule has 0 saturated carbocycles. The van der Waals surface area contributed by atoms with Crippen LogP contribution in [0.3, 0.4) is 0 Å². The van der Waals surface area contributed by atoms with Crippen molar-refractivity contribution in [2.45, 2.75) is 25.6 Å². The number of hydrogen-bond donors (Lipinski definition) is 1. The quantitative estimate of drug-likeness (QED) is 0.331. The van der Waals surface area contributed by atoms with Crippen molar-refractivity contribution in [3.05, 3.63) is 83.8 Å². The molecule has 1 aromatic carbocycles. The number of nitrogens with zero attached hydrogens (tertiary/aromatic N) is 5. The summed E-state index contributed by atoms with van der Waals surface area (Å²) < 4.78 is 51.1. The third-order valence-corrected chi connectivity index (χ3v) is 5.56. The number of rotatable bonds is 10. The maximum atomic E-state index is 13.2. The van der Waals surface area contributed by atoms with Crippen LogP contribution in [0.5, 0.6) is 5.88 Å². The van der Waals surface area contributed by atoms with E-state index in [1.54, 1.807) is 37.8 Å². The zero-order valence-electron chi connectivity index (χ0n) is 20.7. The molecule has 0 atom stereocenters. The van der Waals surface area contributed by atoms with Gasteiger partial charge in [-0.3, -0.25) is 9.48 Å². The Bertz CT molecular complexity index is 1370. The van der Waals surface area contributed by atoms with Crippen molar-refractivity contribution in [2.24, 2.45) is 0 Å². The van der Waals surface area contributed by atoms with Crippen molar-refractivity contribution >= 4 is 11.6 Å². The normalized spacial score (nSPS) is 11.4. The predicted octanol–water partition coefficient (Wildman–Crippen LogP) is 4.18. The molecular formula is C26H25F3N6O3. The van der Waals surface area contributed by atoms with Crippen molar-refractivity contribution < 1.29 is 27.4 Å². The molecule has 0 saturated heterocycles. The third kappa shape index (κ3) is 6.91. The Labute approximate surface area is 216 Å². The van der Waals surface area contributed by atoms with Gasteiger partial charge in [-0.2, -0.15) is 18.3 Å². The van der Waals surface area contributed by atoms with Gasteiger partial charge in [0.25, 0.3) is 0 Å². The summed E-state index contributed by atoms with van der Waals surface area (Å²) in [5.41, 5.74) is 2.22. The van der Waals surface area contributed by atoms with Crippen LogP contribution in [0.15, 0.2) is 61.3 Å². The number of carbonyl (C=O) groups is 1. The molecule has 0 spiro atoms. The van der Waals surface area contributed by atoms with Crippen LogP contribution < -0.4 is 10.1 Å². The summed E-state index contributed by atoms with van der Waals surface area (Å²) in [6, 6.07) is 7.99. The Morgan fingerprint density at radius 1 is 0.974 bits per heavy atom. The van der Waals surface area contributed by atoms with E-state index in [1.807, 2.05) is 23.0 Å². The number of amides is 1. The molecule has 12 heteroatoms. The van der Waals surface area contributed by atoms with Gasteiger partial charge in [-0.25, -0.2) is 15.0 Å². The summed E-state index contributed by atoms with van der Waals surface area (Å²) in [5.74, 6) is -0.372. The van der Waals surface area contributed by atoms with E-state index in [0.717, 1.165) is 36.1 Å². The highest BCUT2D eigenvalue weighted by Crippen LogP contribution is 2.36. The first-order chi connectivity index (χ1) is 18.2. The summed E-state index contributed by atoms with van der Waals surface area (Å²) >= 11 is 0. The van der Waals surface area contributed by atoms with Gasteiger partial charge in [-0.1, -0.05) is 24.3 Å². The van der Waals surface area contributed by atoms with Gasteiger partial charge in [0.2, 0.25) is 11.8 Å². The second-order valence-corrected chi connectivity index (χ2v) is 8.37. The number of pyridine rings is 1. The van der Waals surface area contributed by atoms with Crippen LogP contribution >= 0.6 is 0 Å². The molecule has 4 aromatic rings. The second kappa shape index (κ2) is 11.8. The zero-order valence-corrected chi connectivity index (χ0v) is 20.7. The van der Waals surface area contributed by atoms with Crippen LogP contribution in [-0.4, -0.2) is 51.5 Å². The minimum Gasteiger partial charge on any atom is -0.481 e. The summed E-state index contributed by atoms with van der Waals surface area (Å²) in [4.78, 5) is 24.9.